The lowest BCUT2D eigenvalue weighted by molar-refractivity contribution is -0.0645. The standard InChI is InChI=1S/C12H24N2O/c1-12(2)9-11(5-8-15-12)14-10-3-6-13-7-4-10/h10-11,13-14H,3-9H2,1-2H3. The van der Waals surface area contributed by atoms with Gasteiger partial charge in [0.2, 0.25) is 0 Å². The normalized spacial score (nSPS) is 32.8. The third-order valence-corrected chi connectivity index (χ3v) is 3.51. The van der Waals surface area contributed by atoms with Crippen LogP contribution in [-0.4, -0.2) is 37.4 Å². The number of hydrogen-bond acceptors (Lipinski definition) is 3. The van der Waals surface area contributed by atoms with E-state index >= 15 is 0 Å². The molecule has 2 N–H and O–H groups in total. The molecule has 0 aromatic rings. The summed E-state index contributed by atoms with van der Waals surface area (Å²) in [6.07, 6.45) is 4.87. The molecule has 0 amide bonds. The van der Waals surface area contributed by atoms with E-state index in [1.54, 1.807) is 0 Å². The molecule has 0 aromatic heterocycles. The van der Waals surface area contributed by atoms with Crippen molar-refractivity contribution in [3.63, 3.8) is 0 Å². The first-order valence-electron chi connectivity index (χ1n) is 6.26. The Morgan fingerprint density at radius 2 is 1.87 bits per heavy atom. The van der Waals surface area contributed by atoms with E-state index in [0.29, 0.717) is 6.04 Å². The van der Waals surface area contributed by atoms with Crippen molar-refractivity contribution < 1.29 is 4.74 Å². The van der Waals surface area contributed by atoms with Crippen molar-refractivity contribution in [3.05, 3.63) is 0 Å². The summed E-state index contributed by atoms with van der Waals surface area (Å²) in [5.74, 6) is 0. The average molecular weight is 212 g/mol. The topological polar surface area (TPSA) is 33.3 Å². The molecule has 3 heteroatoms. The highest BCUT2D eigenvalue weighted by Gasteiger charge is 2.30. The van der Waals surface area contributed by atoms with Crippen LogP contribution in [0.1, 0.15) is 39.5 Å². The Morgan fingerprint density at radius 3 is 2.53 bits per heavy atom. The van der Waals surface area contributed by atoms with E-state index in [4.69, 9.17) is 4.74 Å². The van der Waals surface area contributed by atoms with Gasteiger partial charge in [0.15, 0.2) is 0 Å². The molecule has 2 aliphatic heterocycles. The molecule has 0 saturated carbocycles. The zero-order chi connectivity index (χ0) is 10.7. The molecule has 0 radical (unpaired) electrons. The minimum absolute atomic E-state index is 0.0723. The van der Waals surface area contributed by atoms with Gasteiger partial charge in [-0.2, -0.15) is 0 Å². The summed E-state index contributed by atoms with van der Waals surface area (Å²) in [4.78, 5) is 0. The Hall–Kier alpha value is -0.120. The highest BCUT2D eigenvalue weighted by atomic mass is 16.5. The van der Waals surface area contributed by atoms with Gasteiger partial charge < -0.3 is 15.4 Å². The van der Waals surface area contributed by atoms with Crippen LogP contribution >= 0.6 is 0 Å². The van der Waals surface area contributed by atoms with Crippen LogP contribution in [0.3, 0.4) is 0 Å². The van der Waals surface area contributed by atoms with E-state index in [-0.39, 0.29) is 5.60 Å². The zero-order valence-corrected chi connectivity index (χ0v) is 10.0. The van der Waals surface area contributed by atoms with Gasteiger partial charge in [-0.1, -0.05) is 0 Å². The monoisotopic (exact) mass is 212 g/mol. The van der Waals surface area contributed by atoms with Gasteiger partial charge in [-0.05, 0) is 52.6 Å². The third kappa shape index (κ3) is 3.44. The molecule has 0 bridgehead atoms. The minimum Gasteiger partial charge on any atom is -0.375 e. The van der Waals surface area contributed by atoms with Gasteiger partial charge in [0.05, 0.1) is 5.60 Å². The molecule has 1 unspecified atom stereocenters. The fourth-order valence-electron chi connectivity index (χ4n) is 2.70. The zero-order valence-electron chi connectivity index (χ0n) is 10.0. The van der Waals surface area contributed by atoms with Crippen molar-refractivity contribution in [2.24, 2.45) is 0 Å². The quantitative estimate of drug-likeness (QED) is 0.723. The fraction of sp³-hybridized carbons (Fsp3) is 1.00. The Morgan fingerprint density at radius 1 is 1.13 bits per heavy atom. The predicted molar refractivity (Wildman–Crippen MR) is 62.1 cm³/mol. The molecule has 3 nitrogen and oxygen atoms in total. The van der Waals surface area contributed by atoms with Gasteiger partial charge in [0.25, 0.3) is 0 Å². The van der Waals surface area contributed by atoms with E-state index in [1.807, 2.05) is 0 Å². The predicted octanol–water partition coefficient (Wildman–Crippen LogP) is 1.29. The molecule has 2 aliphatic rings. The van der Waals surface area contributed by atoms with Gasteiger partial charge in [-0.25, -0.2) is 0 Å². The summed E-state index contributed by atoms with van der Waals surface area (Å²) < 4.78 is 5.73. The summed E-state index contributed by atoms with van der Waals surface area (Å²) in [6.45, 7) is 7.65. The van der Waals surface area contributed by atoms with Crippen LogP contribution in [0.4, 0.5) is 0 Å². The van der Waals surface area contributed by atoms with Crippen LogP contribution < -0.4 is 10.6 Å². The maximum atomic E-state index is 5.73. The summed E-state index contributed by atoms with van der Waals surface area (Å²) >= 11 is 0. The second-order valence-corrected chi connectivity index (χ2v) is 5.49. The number of ether oxygens (including phenoxy) is 1. The summed E-state index contributed by atoms with van der Waals surface area (Å²) in [5, 5.41) is 7.20. The van der Waals surface area contributed by atoms with Crippen molar-refractivity contribution in [3.8, 4) is 0 Å². The number of nitrogens with one attached hydrogen (secondary N) is 2. The Bertz CT molecular complexity index is 200. The summed E-state index contributed by atoms with van der Waals surface area (Å²) in [5.41, 5.74) is 0.0723. The van der Waals surface area contributed by atoms with Crippen LogP contribution in [0.15, 0.2) is 0 Å². The van der Waals surface area contributed by atoms with Crippen molar-refractivity contribution >= 4 is 0 Å². The van der Waals surface area contributed by atoms with Crippen molar-refractivity contribution in [2.75, 3.05) is 19.7 Å². The Labute approximate surface area is 93.0 Å². The van der Waals surface area contributed by atoms with Gasteiger partial charge in [0.1, 0.15) is 0 Å². The molecule has 88 valence electrons. The maximum Gasteiger partial charge on any atom is 0.0641 e. The first kappa shape index (κ1) is 11.4. The minimum atomic E-state index is 0.0723. The lowest BCUT2D eigenvalue weighted by Gasteiger charge is -2.38. The SMILES string of the molecule is CC1(C)CC(NC2CCNCC2)CCO1. The molecule has 0 aromatic carbocycles. The first-order valence-corrected chi connectivity index (χ1v) is 6.26. The highest BCUT2D eigenvalue weighted by Crippen LogP contribution is 2.24. The fourth-order valence-corrected chi connectivity index (χ4v) is 2.70. The molecule has 2 fully saturated rings. The molecular formula is C12H24N2O. The largest absolute Gasteiger partial charge is 0.375 e. The first-order chi connectivity index (χ1) is 7.16. The van der Waals surface area contributed by atoms with E-state index in [1.165, 1.54) is 32.4 Å². The lowest BCUT2D eigenvalue weighted by Crippen LogP contribution is -2.50. The van der Waals surface area contributed by atoms with Crippen molar-refractivity contribution in [1.82, 2.24) is 10.6 Å². The van der Waals surface area contributed by atoms with Crippen LogP contribution in [0.2, 0.25) is 0 Å². The number of piperidine rings is 1. The molecule has 15 heavy (non-hydrogen) atoms. The van der Waals surface area contributed by atoms with Crippen molar-refractivity contribution in [1.29, 1.82) is 0 Å². The molecule has 0 spiro atoms. The third-order valence-electron chi connectivity index (χ3n) is 3.51. The summed E-state index contributed by atoms with van der Waals surface area (Å²) in [6, 6.07) is 1.39. The van der Waals surface area contributed by atoms with Crippen LogP contribution in [0.5, 0.6) is 0 Å². The number of rotatable bonds is 2. The highest BCUT2D eigenvalue weighted by molar-refractivity contribution is 4.86. The van der Waals surface area contributed by atoms with E-state index in [2.05, 4.69) is 24.5 Å². The maximum absolute atomic E-state index is 5.73. The van der Waals surface area contributed by atoms with Crippen LogP contribution in [-0.2, 0) is 4.74 Å². The molecule has 0 aliphatic carbocycles. The number of hydrogen-bond donors (Lipinski definition) is 2. The second-order valence-electron chi connectivity index (χ2n) is 5.49. The van der Waals surface area contributed by atoms with Gasteiger partial charge in [0, 0.05) is 18.7 Å². The van der Waals surface area contributed by atoms with Gasteiger partial charge in [-0.3, -0.25) is 0 Å². The molecular weight excluding hydrogens is 188 g/mol. The van der Waals surface area contributed by atoms with E-state index in [9.17, 15) is 0 Å². The lowest BCUT2D eigenvalue weighted by atomic mass is 9.92. The Kier molecular flexibility index (Phi) is 3.65. The van der Waals surface area contributed by atoms with E-state index < -0.39 is 0 Å². The molecule has 2 saturated heterocycles. The molecule has 1 atom stereocenters. The second kappa shape index (κ2) is 4.81. The molecule has 2 heterocycles. The van der Waals surface area contributed by atoms with E-state index in [0.717, 1.165) is 19.1 Å². The van der Waals surface area contributed by atoms with Gasteiger partial charge >= 0.3 is 0 Å². The van der Waals surface area contributed by atoms with Crippen LogP contribution in [0.25, 0.3) is 0 Å². The molecule has 2 rings (SSSR count). The average Bonchev–Trinajstić information content (AvgIpc) is 2.17. The Balaban J connectivity index is 1.78. The van der Waals surface area contributed by atoms with Gasteiger partial charge in [-0.15, -0.1) is 0 Å². The van der Waals surface area contributed by atoms with Crippen molar-refractivity contribution in [2.45, 2.75) is 57.2 Å². The summed E-state index contributed by atoms with van der Waals surface area (Å²) in [7, 11) is 0. The van der Waals surface area contributed by atoms with Crippen LogP contribution in [0, 0.1) is 0 Å². The smallest absolute Gasteiger partial charge is 0.0641 e.